The molecule has 20 heteroatoms. The summed E-state index contributed by atoms with van der Waals surface area (Å²) >= 11 is 0. The molecular weight excluding hydrogens is 781 g/mol. The summed E-state index contributed by atoms with van der Waals surface area (Å²) in [6, 6.07) is 17.6. The predicted octanol–water partition coefficient (Wildman–Crippen LogP) is -0.589. The van der Waals surface area contributed by atoms with E-state index in [4.69, 9.17) is 4.74 Å². The summed E-state index contributed by atoms with van der Waals surface area (Å²) in [4.78, 5) is 53.1. The second kappa shape index (κ2) is 16.6. The van der Waals surface area contributed by atoms with E-state index in [2.05, 4.69) is 44.1 Å². The van der Waals surface area contributed by atoms with E-state index in [1.54, 1.807) is 32.9 Å². The van der Waals surface area contributed by atoms with Crippen LogP contribution in [0, 0.1) is 0 Å². The third-order valence-electron chi connectivity index (χ3n) is 11.3. The molecule has 2 aromatic carbocycles. The number of ether oxygens (including phenoxy) is 1. The van der Waals surface area contributed by atoms with Crippen molar-refractivity contribution < 1.29 is 50.9 Å². The highest BCUT2D eigenvalue weighted by Gasteiger charge is 2.65. The number of fused-ring (bicyclic) bond motifs is 2. The number of β-lactam (4-membered cyclic amide) rings is 2. The Bertz CT molecular complexity index is 2240. The van der Waals surface area contributed by atoms with Crippen molar-refractivity contribution in [3.8, 4) is 0 Å². The first-order chi connectivity index (χ1) is 25.1. The van der Waals surface area contributed by atoms with Crippen molar-refractivity contribution >= 4 is 65.6 Å². The number of nitrogens with zero attached hydrogens (tertiary/aromatic N) is 8. The van der Waals surface area contributed by atoms with E-state index in [9.17, 15) is 24.3 Å². The first-order valence-corrected chi connectivity index (χ1v) is 21.0. The highest BCUT2D eigenvalue weighted by Crippen LogP contribution is 2.61. The average Bonchev–Trinajstić information content (AvgIpc) is 3.88. The molecule has 4 aliphatic heterocycles. The SMILES string of the molecule is C=S1(=C)C2CC(=O)N2[C@@H](C(=O)O)[C@]1(C)Cn1ccnn1.C=S1(=C)C2CC(=O)N2[C@@H](C(=O)OC(c2ccccc2)c2ccccc2)[C@]1(C)Cn1ccnn1.O.O.O.O. The van der Waals surface area contributed by atoms with Crippen LogP contribution in [-0.4, -0.2) is 146 Å². The van der Waals surface area contributed by atoms with Gasteiger partial charge in [0.1, 0.15) is 12.1 Å². The number of benzene rings is 2. The number of carbonyl (C=O) groups excluding carboxylic acids is 3. The highest BCUT2D eigenvalue weighted by molar-refractivity contribution is 8.30. The van der Waals surface area contributed by atoms with E-state index in [1.807, 2.05) is 74.5 Å². The zero-order valence-electron chi connectivity index (χ0n) is 31.5. The van der Waals surface area contributed by atoms with Crippen molar-refractivity contribution in [1.82, 2.24) is 39.8 Å². The van der Waals surface area contributed by atoms with Crippen LogP contribution in [-0.2, 0) is 37.0 Å². The fourth-order valence-corrected chi connectivity index (χ4v) is 13.7. The summed E-state index contributed by atoms with van der Waals surface area (Å²) in [5.74, 6) is 15.7. The van der Waals surface area contributed by atoms with Gasteiger partial charge in [-0.3, -0.25) is 19.0 Å². The summed E-state index contributed by atoms with van der Waals surface area (Å²) in [5.41, 5.74) is 1.73. The normalized spacial score (nSPS) is 26.9. The van der Waals surface area contributed by atoms with Crippen molar-refractivity contribution in [2.45, 2.75) is 78.2 Å². The van der Waals surface area contributed by atoms with E-state index in [1.165, 1.54) is 11.1 Å². The van der Waals surface area contributed by atoms with Crippen LogP contribution in [0.2, 0.25) is 0 Å². The molecule has 4 fully saturated rings. The fourth-order valence-electron chi connectivity index (χ4n) is 8.05. The molecule has 2 amide bonds. The van der Waals surface area contributed by atoms with Crippen molar-refractivity contribution in [3.63, 3.8) is 0 Å². The van der Waals surface area contributed by atoms with E-state index in [0.29, 0.717) is 25.9 Å². The van der Waals surface area contributed by atoms with Crippen LogP contribution >= 0.6 is 18.4 Å². The Morgan fingerprint density at radius 3 is 1.47 bits per heavy atom. The van der Waals surface area contributed by atoms with Crippen molar-refractivity contribution in [3.05, 3.63) is 96.6 Å². The molecule has 0 bridgehead atoms. The number of rotatable bonds is 9. The van der Waals surface area contributed by atoms with E-state index < -0.39 is 58.0 Å². The van der Waals surface area contributed by atoms with E-state index in [0.717, 1.165) is 11.1 Å². The average molecular weight is 831 g/mol. The number of hydrogen-bond donors (Lipinski definition) is 1. The van der Waals surface area contributed by atoms with Crippen molar-refractivity contribution in [2.24, 2.45) is 0 Å². The van der Waals surface area contributed by atoms with Crippen molar-refractivity contribution in [2.75, 3.05) is 0 Å². The Kier molecular flexibility index (Phi) is 13.4. The molecule has 0 radical (unpaired) electrons. The third-order valence-corrected chi connectivity index (χ3v) is 18.6. The van der Waals surface area contributed by atoms with Gasteiger partial charge in [-0.1, -0.05) is 94.6 Å². The molecule has 4 aliphatic rings. The quantitative estimate of drug-likeness (QED) is 0.127. The van der Waals surface area contributed by atoms with Gasteiger partial charge in [-0.2, -0.15) is 18.4 Å². The minimum Gasteiger partial charge on any atom is -0.480 e. The second-order valence-electron chi connectivity index (χ2n) is 14.4. The number of carboxylic acid groups (broad SMARTS) is 1. The summed E-state index contributed by atoms with van der Waals surface area (Å²) in [6.07, 6.45) is 6.67. The summed E-state index contributed by atoms with van der Waals surface area (Å²) in [5, 5.41) is 24.9. The summed E-state index contributed by atoms with van der Waals surface area (Å²) in [7, 11) is -3.68. The lowest BCUT2D eigenvalue weighted by atomic mass is 9.95. The van der Waals surface area contributed by atoms with Crippen LogP contribution in [0.15, 0.2) is 85.5 Å². The maximum Gasteiger partial charge on any atom is 0.331 e. The molecule has 4 saturated heterocycles. The summed E-state index contributed by atoms with van der Waals surface area (Å²) < 4.78 is 8.00. The van der Waals surface area contributed by atoms with Crippen LogP contribution < -0.4 is 0 Å². The van der Waals surface area contributed by atoms with Gasteiger partial charge in [0, 0.05) is 12.4 Å². The molecule has 4 aromatic rings. The van der Waals surface area contributed by atoms with Gasteiger partial charge in [-0.25, -0.2) is 9.59 Å². The van der Waals surface area contributed by atoms with E-state index in [-0.39, 0.29) is 44.5 Å². The minimum atomic E-state index is -1.88. The minimum absolute atomic E-state index is 0. The number of hydrogen-bond acceptors (Lipinski definition) is 9. The van der Waals surface area contributed by atoms with Crippen LogP contribution in [0.4, 0.5) is 0 Å². The van der Waals surface area contributed by atoms with Gasteiger partial charge in [0.05, 0.1) is 58.6 Å². The largest absolute Gasteiger partial charge is 0.480 e. The molecule has 8 rings (SSSR count). The lowest BCUT2D eigenvalue weighted by Crippen LogP contribution is -2.58. The number of aliphatic carboxylic acids is 1. The Labute approximate surface area is 330 Å². The highest BCUT2D eigenvalue weighted by atomic mass is 32.2. The maximum atomic E-state index is 13.9. The molecule has 18 nitrogen and oxygen atoms in total. The number of aromatic nitrogens is 6. The Balaban J connectivity index is 0.000000315. The molecule has 2 unspecified atom stereocenters. The molecule has 6 atom stereocenters. The Hall–Kier alpha value is -5.38. The number of amides is 2. The molecule has 0 spiro atoms. The molecule has 2 aromatic heterocycles. The van der Waals surface area contributed by atoms with Crippen LogP contribution in [0.25, 0.3) is 0 Å². The Morgan fingerprint density at radius 1 is 0.737 bits per heavy atom. The molecule has 6 heterocycles. The van der Waals surface area contributed by atoms with Crippen LogP contribution in [0.5, 0.6) is 0 Å². The van der Waals surface area contributed by atoms with Gasteiger partial charge < -0.3 is 41.5 Å². The maximum absolute atomic E-state index is 13.9. The summed E-state index contributed by atoms with van der Waals surface area (Å²) in [6.45, 7) is 4.53. The van der Waals surface area contributed by atoms with Crippen molar-refractivity contribution in [1.29, 1.82) is 0 Å². The topological polar surface area (TPSA) is 292 Å². The third kappa shape index (κ3) is 7.23. The first-order valence-electron chi connectivity index (χ1n) is 16.9. The predicted molar refractivity (Wildman–Crippen MR) is 222 cm³/mol. The lowest BCUT2D eigenvalue weighted by Gasteiger charge is -2.39. The van der Waals surface area contributed by atoms with Gasteiger partial charge in [-0.15, -0.1) is 10.2 Å². The number of esters is 1. The molecule has 0 saturated carbocycles. The fraction of sp³-hybridized carbons (Fsp3) is 0.351. The molecule has 310 valence electrons. The van der Waals surface area contributed by atoms with E-state index >= 15 is 0 Å². The van der Waals surface area contributed by atoms with Gasteiger partial charge in [0.2, 0.25) is 11.8 Å². The second-order valence-corrected chi connectivity index (χ2v) is 21.1. The zero-order valence-corrected chi connectivity index (χ0v) is 33.1. The lowest BCUT2D eigenvalue weighted by molar-refractivity contribution is -0.164. The van der Waals surface area contributed by atoms with Gasteiger partial charge in [-0.05, 0) is 25.0 Å². The molecular formula is C37H50N8O10S2. The zero-order chi connectivity index (χ0) is 37.9. The van der Waals surface area contributed by atoms with Gasteiger partial charge in [0.25, 0.3) is 0 Å². The van der Waals surface area contributed by atoms with Gasteiger partial charge >= 0.3 is 11.9 Å². The van der Waals surface area contributed by atoms with Crippen LogP contribution in [0.3, 0.4) is 0 Å². The molecule has 0 aliphatic carbocycles. The monoisotopic (exact) mass is 830 g/mol. The number of carbonyl (C=O) groups is 4. The molecule has 57 heavy (non-hydrogen) atoms. The smallest absolute Gasteiger partial charge is 0.331 e. The first kappa shape index (κ1) is 46.0. The standard InChI is InChI=1S/C25H26N4O3S.C12H16N4O3S.4H2O/c1-25(17-28-15-14-26-27-28)23(29-20(30)16-21(29)33(25,2)3)24(31)32-22(18-10-6-4-7-11-18)19-12-8-5-9-13-19;1-12(7-15-5-4-13-14-15)10(11(18)19)16-8(17)6-9(16)20(12,2)3;;;;/h4-15,21-23H,2-3,16-17H2,1H3;4-5,9-10H,2-3,6-7H2,1H3,(H,18,19);4*1H2/t21?,23-,25-;9?,10-,12-;;;;/m00..../s1. The van der Waals surface area contributed by atoms with Crippen LogP contribution in [0.1, 0.15) is 43.9 Å². The molecule has 9 N–H and O–H groups in total. The van der Waals surface area contributed by atoms with Gasteiger partial charge in [0.15, 0.2) is 6.10 Å². The Morgan fingerprint density at radius 2 is 1.12 bits per heavy atom. The number of carboxylic acids is 1.